The number of hydrogen-bond donors (Lipinski definition) is 0. The van der Waals surface area contributed by atoms with Crippen LogP contribution in [0.2, 0.25) is 0 Å². The Hall–Kier alpha value is -1.26. The van der Waals surface area contributed by atoms with Crippen LogP contribution in [0.3, 0.4) is 0 Å². The van der Waals surface area contributed by atoms with Gasteiger partial charge in [0.1, 0.15) is 5.82 Å². The number of ketones is 1. The first-order valence-corrected chi connectivity index (χ1v) is 6.81. The van der Waals surface area contributed by atoms with E-state index in [1.165, 1.54) is 12.1 Å². The van der Waals surface area contributed by atoms with Gasteiger partial charge >= 0.3 is 0 Å². The topological polar surface area (TPSA) is 23.6 Å². The molecule has 0 amide bonds. The molecule has 0 saturated carbocycles. The standard InChI is InChI=1S/C15H21FN2O/c1-12(2)18-8-6-17(7-9-18)11-15(19)13-4-3-5-14(16)10-13/h3-5,10,12H,6-9,11H2,1-2H3. The maximum absolute atomic E-state index is 13.1. The van der Waals surface area contributed by atoms with Gasteiger partial charge in [-0.1, -0.05) is 12.1 Å². The number of rotatable bonds is 4. The van der Waals surface area contributed by atoms with Gasteiger partial charge in [0.05, 0.1) is 6.54 Å². The Morgan fingerprint density at radius 3 is 2.53 bits per heavy atom. The third kappa shape index (κ3) is 3.85. The maximum atomic E-state index is 13.1. The van der Waals surface area contributed by atoms with E-state index in [1.807, 2.05) is 0 Å². The van der Waals surface area contributed by atoms with Gasteiger partial charge in [-0.15, -0.1) is 0 Å². The summed E-state index contributed by atoms with van der Waals surface area (Å²) in [5.41, 5.74) is 0.464. The molecule has 19 heavy (non-hydrogen) atoms. The minimum Gasteiger partial charge on any atom is -0.298 e. The number of piperazine rings is 1. The molecule has 0 atom stereocenters. The fourth-order valence-electron chi connectivity index (χ4n) is 2.39. The van der Waals surface area contributed by atoms with E-state index in [1.54, 1.807) is 12.1 Å². The predicted octanol–water partition coefficient (Wildman–Crippen LogP) is 2.03. The van der Waals surface area contributed by atoms with Crippen LogP contribution in [0.15, 0.2) is 24.3 Å². The minimum absolute atomic E-state index is 0.00232. The van der Waals surface area contributed by atoms with Gasteiger partial charge < -0.3 is 0 Å². The summed E-state index contributed by atoms with van der Waals surface area (Å²) >= 11 is 0. The zero-order valence-corrected chi connectivity index (χ0v) is 11.6. The second-order valence-corrected chi connectivity index (χ2v) is 5.34. The molecule has 1 aromatic rings. The largest absolute Gasteiger partial charge is 0.298 e. The lowest BCUT2D eigenvalue weighted by Gasteiger charge is -2.36. The van der Waals surface area contributed by atoms with Gasteiger partial charge in [-0.25, -0.2) is 4.39 Å². The van der Waals surface area contributed by atoms with Crippen LogP contribution in [0.5, 0.6) is 0 Å². The molecule has 1 aliphatic rings. The molecule has 1 fully saturated rings. The van der Waals surface area contributed by atoms with Crippen molar-refractivity contribution in [2.75, 3.05) is 32.7 Å². The summed E-state index contributed by atoms with van der Waals surface area (Å²) in [5, 5.41) is 0. The first-order valence-electron chi connectivity index (χ1n) is 6.81. The Labute approximate surface area is 114 Å². The molecule has 1 aromatic carbocycles. The predicted molar refractivity (Wildman–Crippen MR) is 73.9 cm³/mol. The van der Waals surface area contributed by atoms with Crippen molar-refractivity contribution in [3.63, 3.8) is 0 Å². The van der Waals surface area contributed by atoms with Crippen LogP contribution >= 0.6 is 0 Å². The van der Waals surface area contributed by atoms with E-state index in [4.69, 9.17) is 0 Å². The van der Waals surface area contributed by atoms with E-state index < -0.39 is 0 Å². The molecule has 0 N–H and O–H groups in total. The normalized spacial score (nSPS) is 17.9. The lowest BCUT2D eigenvalue weighted by atomic mass is 10.1. The van der Waals surface area contributed by atoms with Crippen LogP contribution in [-0.4, -0.2) is 54.3 Å². The molecule has 0 aromatic heterocycles. The minimum atomic E-state index is -0.351. The maximum Gasteiger partial charge on any atom is 0.176 e. The van der Waals surface area contributed by atoms with Gasteiger partial charge in [0.25, 0.3) is 0 Å². The highest BCUT2D eigenvalue weighted by atomic mass is 19.1. The molecule has 0 bridgehead atoms. The van der Waals surface area contributed by atoms with Gasteiger partial charge in [-0.05, 0) is 26.0 Å². The van der Waals surface area contributed by atoms with Crippen molar-refractivity contribution in [3.8, 4) is 0 Å². The Kier molecular flexibility index (Phi) is 4.66. The molecule has 1 saturated heterocycles. The van der Waals surface area contributed by atoms with Crippen LogP contribution in [0.25, 0.3) is 0 Å². The number of Topliss-reactive ketones (excluding diaryl/α,β-unsaturated/α-hetero) is 1. The Bertz CT molecular complexity index is 440. The third-order valence-electron chi connectivity index (χ3n) is 3.65. The van der Waals surface area contributed by atoms with Gasteiger partial charge in [0.15, 0.2) is 5.78 Å². The molecule has 3 nitrogen and oxygen atoms in total. The van der Waals surface area contributed by atoms with Crippen LogP contribution < -0.4 is 0 Å². The molecule has 104 valence electrons. The van der Waals surface area contributed by atoms with E-state index in [2.05, 4.69) is 23.6 Å². The lowest BCUT2D eigenvalue weighted by Crippen LogP contribution is -2.50. The number of benzene rings is 1. The summed E-state index contributed by atoms with van der Waals surface area (Å²) in [6.07, 6.45) is 0. The van der Waals surface area contributed by atoms with Gasteiger partial charge in [-0.3, -0.25) is 14.6 Å². The van der Waals surface area contributed by atoms with Crippen molar-refractivity contribution < 1.29 is 9.18 Å². The van der Waals surface area contributed by atoms with Crippen LogP contribution in [0.1, 0.15) is 24.2 Å². The van der Waals surface area contributed by atoms with E-state index >= 15 is 0 Å². The zero-order chi connectivity index (χ0) is 13.8. The molecule has 1 heterocycles. The van der Waals surface area contributed by atoms with E-state index in [0.29, 0.717) is 18.2 Å². The van der Waals surface area contributed by atoms with Crippen molar-refractivity contribution in [2.45, 2.75) is 19.9 Å². The van der Waals surface area contributed by atoms with E-state index in [9.17, 15) is 9.18 Å². The first kappa shape index (κ1) is 14.2. The van der Waals surface area contributed by atoms with Gasteiger partial charge in [0, 0.05) is 37.8 Å². The van der Waals surface area contributed by atoms with Crippen molar-refractivity contribution in [2.24, 2.45) is 0 Å². The van der Waals surface area contributed by atoms with E-state index in [-0.39, 0.29) is 11.6 Å². The average Bonchev–Trinajstić information content (AvgIpc) is 2.39. The third-order valence-corrected chi connectivity index (χ3v) is 3.65. The molecule has 2 rings (SSSR count). The fourth-order valence-corrected chi connectivity index (χ4v) is 2.39. The van der Waals surface area contributed by atoms with Gasteiger partial charge in [-0.2, -0.15) is 0 Å². The van der Waals surface area contributed by atoms with Crippen LogP contribution in [-0.2, 0) is 0 Å². The Balaban J connectivity index is 1.87. The molecular formula is C15H21FN2O. The van der Waals surface area contributed by atoms with Crippen molar-refractivity contribution in [3.05, 3.63) is 35.6 Å². The van der Waals surface area contributed by atoms with Crippen molar-refractivity contribution in [1.29, 1.82) is 0 Å². The van der Waals surface area contributed by atoms with Crippen LogP contribution in [0.4, 0.5) is 4.39 Å². The molecule has 0 spiro atoms. The molecule has 4 heteroatoms. The average molecular weight is 264 g/mol. The number of carbonyl (C=O) groups excluding carboxylic acids is 1. The second kappa shape index (κ2) is 6.26. The summed E-state index contributed by atoms with van der Waals surface area (Å²) in [6, 6.07) is 6.49. The molecule has 0 unspecified atom stereocenters. The second-order valence-electron chi connectivity index (χ2n) is 5.34. The summed E-state index contributed by atoms with van der Waals surface area (Å²) < 4.78 is 13.1. The smallest absolute Gasteiger partial charge is 0.176 e. The number of halogens is 1. The summed E-state index contributed by atoms with van der Waals surface area (Å²) in [7, 11) is 0. The monoisotopic (exact) mass is 264 g/mol. The van der Waals surface area contributed by atoms with Crippen LogP contribution in [0, 0.1) is 5.82 Å². The molecular weight excluding hydrogens is 243 g/mol. The molecule has 0 aliphatic carbocycles. The molecule has 0 radical (unpaired) electrons. The summed E-state index contributed by atoms with van der Waals surface area (Å²) in [5.74, 6) is -0.354. The van der Waals surface area contributed by atoms with E-state index in [0.717, 1.165) is 26.2 Å². The highest BCUT2D eigenvalue weighted by Gasteiger charge is 2.20. The van der Waals surface area contributed by atoms with Crippen molar-refractivity contribution in [1.82, 2.24) is 9.80 Å². The number of hydrogen-bond acceptors (Lipinski definition) is 3. The highest BCUT2D eigenvalue weighted by Crippen LogP contribution is 2.09. The number of nitrogens with zero attached hydrogens (tertiary/aromatic N) is 2. The first-order chi connectivity index (χ1) is 9.06. The summed E-state index contributed by atoms with van der Waals surface area (Å²) in [6.45, 7) is 8.55. The number of carbonyl (C=O) groups is 1. The SMILES string of the molecule is CC(C)N1CCN(CC(=O)c2cccc(F)c2)CC1. The zero-order valence-electron chi connectivity index (χ0n) is 11.6. The Morgan fingerprint density at radius 1 is 1.26 bits per heavy atom. The highest BCUT2D eigenvalue weighted by molar-refractivity contribution is 5.97. The Morgan fingerprint density at radius 2 is 1.95 bits per heavy atom. The quantitative estimate of drug-likeness (QED) is 0.778. The van der Waals surface area contributed by atoms with Crippen molar-refractivity contribution >= 4 is 5.78 Å². The lowest BCUT2D eigenvalue weighted by molar-refractivity contribution is 0.0807. The fraction of sp³-hybridized carbons (Fsp3) is 0.533. The summed E-state index contributed by atoms with van der Waals surface area (Å²) in [4.78, 5) is 16.6. The molecule has 1 aliphatic heterocycles. The van der Waals surface area contributed by atoms with Gasteiger partial charge in [0.2, 0.25) is 0 Å².